The van der Waals surface area contributed by atoms with Gasteiger partial charge in [-0.05, 0) is 59.2 Å². The van der Waals surface area contributed by atoms with Crippen molar-refractivity contribution in [1.82, 2.24) is 0 Å². The van der Waals surface area contributed by atoms with Crippen LogP contribution in [-0.4, -0.2) is 29.5 Å². The fourth-order valence-corrected chi connectivity index (χ4v) is 5.67. The Kier molecular flexibility index (Phi) is 4.37. The first-order chi connectivity index (χ1) is 9.19. The Morgan fingerprint density at radius 2 is 2.21 bits per heavy atom. The number of ether oxygens (including phenoxy) is 1. The van der Waals surface area contributed by atoms with Crippen molar-refractivity contribution in [3.8, 4) is 0 Å². The van der Waals surface area contributed by atoms with Crippen LogP contribution in [0.5, 0.6) is 0 Å². The molecular formula is C14H17BrO2S2. The highest BCUT2D eigenvalue weighted by atomic mass is 79.9. The molecule has 0 saturated carbocycles. The van der Waals surface area contributed by atoms with Gasteiger partial charge >= 0.3 is 0 Å². The zero-order chi connectivity index (χ0) is 13.3. The van der Waals surface area contributed by atoms with E-state index in [9.17, 15) is 4.79 Å². The highest BCUT2D eigenvalue weighted by molar-refractivity contribution is 9.10. The second kappa shape index (κ2) is 5.88. The Bertz CT molecular complexity index is 460. The van der Waals surface area contributed by atoms with Gasteiger partial charge in [-0.1, -0.05) is 0 Å². The first kappa shape index (κ1) is 14.1. The van der Waals surface area contributed by atoms with E-state index in [1.807, 2.05) is 23.2 Å². The van der Waals surface area contributed by atoms with Gasteiger partial charge < -0.3 is 4.74 Å². The second-order valence-electron chi connectivity index (χ2n) is 5.33. The largest absolute Gasteiger partial charge is 0.375 e. The van der Waals surface area contributed by atoms with Gasteiger partial charge in [-0.25, -0.2) is 0 Å². The first-order valence-corrected chi connectivity index (χ1v) is 9.51. The van der Waals surface area contributed by atoms with Crippen LogP contribution in [0.15, 0.2) is 15.9 Å². The average molecular weight is 361 g/mol. The maximum atomic E-state index is 12.6. The lowest BCUT2D eigenvalue weighted by Gasteiger charge is -2.42. The third kappa shape index (κ3) is 3.09. The average Bonchev–Trinajstić information content (AvgIpc) is 2.85. The molecule has 1 aromatic heterocycles. The number of hydrogen-bond donors (Lipinski definition) is 0. The van der Waals surface area contributed by atoms with Crippen LogP contribution < -0.4 is 0 Å². The molecule has 19 heavy (non-hydrogen) atoms. The summed E-state index contributed by atoms with van der Waals surface area (Å²) >= 11 is 6.97. The summed E-state index contributed by atoms with van der Waals surface area (Å²) < 4.78 is 7.07. The number of halogens is 1. The van der Waals surface area contributed by atoms with Gasteiger partial charge in [0.05, 0.1) is 10.5 Å². The van der Waals surface area contributed by atoms with E-state index in [4.69, 9.17) is 4.74 Å². The van der Waals surface area contributed by atoms with Crippen molar-refractivity contribution >= 4 is 44.8 Å². The molecule has 0 aromatic carbocycles. The summed E-state index contributed by atoms with van der Waals surface area (Å²) in [6, 6.07) is 1.95. The lowest BCUT2D eigenvalue weighted by atomic mass is 9.80. The normalized spacial score (nSPS) is 26.5. The zero-order valence-electron chi connectivity index (χ0n) is 10.7. The molecule has 1 spiro atoms. The fourth-order valence-electron chi connectivity index (χ4n) is 2.99. The quantitative estimate of drug-likeness (QED) is 0.731. The van der Waals surface area contributed by atoms with Crippen molar-refractivity contribution in [2.75, 3.05) is 18.1 Å². The second-order valence-corrected chi connectivity index (χ2v) is 8.38. The summed E-state index contributed by atoms with van der Waals surface area (Å²) in [6.07, 6.45) is 4.01. The van der Waals surface area contributed by atoms with Crippen molar-refractivity contribution < 1.29 is 9.53 Å². The number of Topliss-reactive ketones (excluding diaryl/α,β-unsaturated/α-hetero) is 1. The third-order valence-electron chi connectivity index (χ3n) is 4.08. The Morgan fingerprint density at radius 1 is 1.42 bits per heavy atom. The molecule has 0 radical (unpaired) electrons. The fraction of sp³-hybridized carbons (Fsp3) is 0.643. The number of ketones is 1. The molecule has 2 nitrogen and oxygen atoms in total. The van der Waals surface area contributed by atoms with Crippen LogP contribution in [0.25, 0.3) is 0 Å². The van der Waals surface area contributed by atoms with E-state index in [1.54, 1.807) is 11.3 Å². The summed E-state index contributed by atoms with van der Waals surface area (Å²) in [5.41, 5.74) is -0.00167. The number of thioether (sulfide) groups is 1. The molecule has 1 aromatic rings. The molecule has 2 aliphatic heterocycles. The summed E-state index contributed by atoms with van der Waals surface area (Å²) in [7, 11) is 0. The Morgan fingerprint density at radius 3 is 2.89 bits per heavy atom. The molecule has 3 rings (SSSR count). The van der Waals surface area contributed by atoms with Crippen LogP contribution in [0.4, 0.5) is 0 Å². The molecule has 2 saturated heterocycles. The Hall–Kier alpha value is 0.160. The van der Waals surface area contributed by atoms with Crippen LogP contribution in [-0.2, 0) is 4.74 Å². The lowest BCUT2D eigenvalue weighted by Crippen LogP contribution is -2.44. The standard InChI is InChI=1S/C14H17BrO2S2/c15-11-7-12(19-9-11)13(16)10-1-4-17-14(8-10)2-5-18-6-3-14/h7,9-10H,1-6,8H2. The molecule has 5 heteroatoms. The van der Waals surface area contributed by atoms with E-state index in [0.717, 1.165) is 41.6 Å². The number of rotatable bonds is 2. The van der Waals surface area contributed by atoms with E-state index >= 15 is 0 Å². The highest BCUT2D eigenvalue weighted by Gasteiger charge is 2.41. The van der Waals surface area contributed by atoms with Gasteiger partial charge in [-0.2, -0.15) is 11.8 Å². The summed E-state index contributed by atoms with van der Waals surface area (Å²) in [5.74, 6) is 2.82. The molecule has 104 valence electrons. The minimum Gasteiger partial charge on any atom is -0.375 e. The van der Waals surface area contributed by atoms with Crippen LogP contribution >= 0.6 is 39.0 Å². The molecular weight excluding hydrogens is 344 g/mol. The predicted octanol–water partition coefficient (Wildman–Crippen LogP) is 4.39. The van der Waals surface area contributed by atoms with Gasteiger partial charge in [0.2, 0.25) is 0 Å². The smallest absolute Gasteiger partial charge is 0.176 e. The van der Waals surface area contributed by atoms with E-state index in [-0.39, 0.29) is 11.5 Å². The van der Waals surface area contributed by atoms with Gasteiger partial charge in [0.15, 0.2) is 5.78 Å². The molecule has 0 amide bonds. The topological polar surface area (TPSA) is 26.3 Å². The van der Waals surface area contributed by atoms with Crippen LogP contribution in [0.1, 0.15) is 35.4 Å². The molecule has 0 aliphatic carbocycles. The summed E-state index contributed by atoms with van der Waals surface area (Å²) in [5, 5.41) is 1.99. The predicted molar refractivity (Wildman–Crippen MR) is 84.3 cm³/mol. The minimum atomic E-state index is -0.00167. The first-order valence-electron chi connectivity index (χ1n) is 6.68. The molecule has 1 unspecified atom stereocenters. The van der Waals surface area contributed by atoms with Crippen molar-refractivity contribution in [3.63, 3.8) is 0 Å². The van der Waals surface area contributed by atoms with Crippen molar-refractivity contribution in [2.24, 2.45) is 5.92 Å². The highest BCUT2D eigenvalue weighted by Crippen LogP contribution is 2.41. The number of hydrogen-bond acceptors (Lipinski definition) is 4. The van der Waals surface area contributed by atoms with Gasteiger partial charge in [0, 0.05) is 22.4 Å². The van der Waals surface area contributed by atoms with Gasteiger partial charge in [-0.3, -0.25) is 4.79 Å². The number of thiophene rings is 1. The van der Waals surface area contributed by atoms with E-state index < -0.39 is 0 Å². The van der Waals surface area contributed by atoms with Gasteiger partial charge in [0.25, 0.3) is 0 Å². The summed E-state index contributed by atoms with van der Waals surface area (Å²) in [6.45, 7) is 0.744. The lowest BCUT2D eigenvalue weighted by molar-refractivity contribution is -0.0959. The summed E-state index contributed by atoms with van der Waals surface area (Å²) in [4.78, 5) is 13.5. The van der Waals surface area contributed by atoms with Gasteiger partial charge in [0.1, 0.15) is 0 Å². The maximum absolute atomic E-state index is 12.6. The molecule has 2 aliphatic rings. The minimum absolute atomic E-state index is 0.00167. The third-order valence-corrected chi connectivity index (χ3v) is 6.77. The molecule has 3 heterocycles. The van der Waals surface area contributed by atoms with Crippen LogP contribution in [0, 0.1) is 5.92 Å². The molecule has 0 bridgehead atoms. The zero-order valence-corrected chi connectivity index (χ0v) is 13.9. The number of carbonyl (C=O) groups excluding carboxylic acids is 1. The van der Waals surface area contributed by atoms with E-state index in [1.165, 1.54) is 11.5 Å². The van der Waals surface area contributed by atoms with Crippen LogP contribution in [0.3, 0.4) is 0 Å². The Labute approximate surface area is 130 Å². The van der Waals surface area contributed by atoms with E-state index in [2.05, 4.69) is 15.9 Å². The molecule has 0 N–H and O–H groups in total. The van der Waals surface area contributed by atoms with Crippen molar-refractivity contribution in [2.45, 2.75) is 31.3 Å². The van der Waals surface area contributed by atoms with Gasteiger partial charge in [-0.15, -0.1) is 11.3 Å². The van der Waals surface area contributed by atoms with Crippen LogP contribution in [0.2, 0.25) is 0 Å². The van der Waals surface area contributed by atoms with E-state index in [0.29, 0.717) is 5.78 Å². The Balaban J connectivity index is 1.72. The molecule has 2 fully saturated rings. The SMILES string of the molecule is O=C(c1cc(Br)cs1)C1CCOC2(CCSCC2)C1. The number of carbonyl (C=O) groups is 1. The van der Waals surface area contributed by atoms with Crippen molar-refractivity contribution in [3.05, 3.63) is 20.8 Å². The monoisotopic (exact) mass is 360 g/mol. The molecule has 1 atom stereocenters. The maximum Gasteiger partial charge on any atom is 0.176 e. The van der Waals surface area contributed by atoms with Crippen molar-refractivity contribution in [1.29, 1.82) is 0 Å².